The summed E-state index contributed by atoms with van der Waals surface area (Å²) in [4.78, 5) is 10.6. The lowest BCUT2D eigenvalue weighted by atomic mass is 10.5. The molecule has 0 saturated heterocycles. The summed E-state index contributed by atoms with van der Waals surface area (Å²) < 4.78 is 11.3. The first kappa shape index (κ1) is 18.9. The van der Waals surface area contributed by atoms with Gasteiger partial charge in [0.1, 0.15) is 12.5 Å². The molecular weight excluding hydrogens is 386 g/mol. The average molecular weight is 404 g/mol. The fourth-order valence-electron chi connectivity index (χ4n) is 1.55. The molecule has 9 heteroatoms. The van der Waals surface area contributed by atoms with Crippen molar-refractivity contribution in [1.82, 2.24) is 9.97 Å². The second-order valence-corrected chi connectivity index (χ2v) is 17.2. The highest BCUT2D eigenvalue weighted by molar-refractivity contribution is 8.12. The van der Waals surface area contributed by atoms with E-state index in [4.69, 9.17) is 32.7 Å². The second kappa shape index (κ2) is 7.62. The van der Waals surface area contributed by atoms with Crippen LogP contribution in [0.5, 0.6) is 11.8 Å². The Balaban J connectivity index is 2.02. The van der Waals surface area contributed by atoms with E-state index in [0.717, 1.165) is 9.79 Å². The summed E-state index contributed by atoms with van der Waals surface area (Å²) in [5.74, 6) is 1.14. The lowest BCUT2D eigenvalue weighted by Gasteiger charge is -2.13. The molecule has 0 atom stereocenters. The van der Waals surface area contributed by atoms with E-state index in [0.29, 0.717) is 11.8 Å². The quantitative estimate of drug-likeness (QED) is 0.647. The number of pyridine rings is 2. The molecule has 0 aromatic carbocycles. The minimum Gasteiger partial charge on any atom is -0.450 e. The lowest BCUT2D eigenvalue weighted by Crippen LogP contribution is -1.91. The molecule has 0 saturated carbocycles. The molecule has 0 spiro atoms. The van der Waals surface area contributed by atoms with Crippen LogP contribution in [0.4, 0.5) is 0 Å². The molecule has 2 rings (SSSR count). The molecule has 2 aromatic rings. The zero-order valence-corrected chi connectivity index (χ0v) is 17.5. The van der Waals surface area contributed by atoms with Crippen LogP contribution in [-0.4, -0.2) is 36.6 Å². The largest absolute Gasteiger partial charge is 0.450 e. The number of hydrogen-bond donors (Lipinski definition) is 0. The van der Waals surface area contributed by atoms with Gasteiger partial charge >= 0.3 is 0 Å². The third-order valence-corrected chi connectivity index (χ3v) is 4.94. The van der Waals surface area contributed by atoms with Crippen LogP contribution in [0, 0.1) is 0 Å². The third-order valence-electron chi connectivity index (χ3n) is 2.28. The Bertz CT molecular complexity index is 689. The van der Waals surface area contributed by atoms with E-state index >= 15 is 0 Å². The van der Waals surface area contributed by atoms with E-state index in [2.05, 4.69) is 9.97 Å². The molecule has 0 aliphatic rings. The predicted molar refractivity (Wildman–Crippen MR) is 106 cm³/mol. The van der Waals surface area contributed by atoms with E-state index in [9.17, 15) is 0 Å². The van der Waals surface area contributed by atoms with Gasteiger partial charge in [0.05, 0.1) is 0 Å². The summed E-state index contributed by atoms with van der Waals surface area (Å²) in [7, 11) is 0. The Labute approximate surface area is 151 Å². The van der Waals surface area contributed by atoms with Gasteiger partial charge in [-0.3, -0.25) is 0 Å². The van der Waals surface area contributed by atoms with Crippen LogP contribution in [-0.2, 0) is 23.6 Å². The Morgan fingerprint density at radius 2 is 1.17 bits per heavy atom. The molecule has 124 valence electrons. The summed E-state index contributed by atoms with van der Waals surface area (Å²) in [5, 5.41) is 0. The molecule has 0 radical (unpaired) electrons. The van der Waals surface area contributed by atoms with Crippen LogP contribution >= 0.6 is 24.3 Å². The Hall–Kier alpha value is -0.450. The van der Waals surface area contributed by atoms with Gasteiger partial charge in [0.25, 0.3) is 0 Å². The first-order chi connectivity index (χ1) is 10.6. The van der Waals surface area contributed by atoms with Crippen molar-refractivity contribution in [3.8, 4) is 11.8 Å². The number of aromatic nitrogens is 2. The van der Waals surface area contributed by atoms with E-state index in [-0.39, 0.29) is 0 Å². The minimum absolute atomic E-state index is 0.571. The zero-order chi connectivity index (χ0) is 17.1. The topological polar surface area (TPSA) is 44.2 Å². The van der Waals surface area contributed by atoms with Gasteiger partial charge in [-0.25, -0.2) is 9.97 Å². The maximum absolute atomic E-state index is 5.64. The van der Waals surface area contributed by atoms with Gasteiger partial charge in [-0.05, 0) is 38.8 Å². The molecule has 2 aromatic heterocycles. The van der Waals surface area contributed by atoms with Gasteiger partial charge in [0.15, 0.2) is 0 Å². The van der Waals surface area contributed by atoms with Crippen molar-refractivity contribution in [2.75, 3.05) is 26.7 Å². The zero-order valence-electron chi connectivity index (χ0n) is 13.3. The van der Waals surface area contributed by atoms with Crippen molar-refractivity contribution < 1.29 is 9.05 Å². The third kappa shape index (κ3) is 7.32. The Kier molecular flexibility index (Phi) is 6.26. The van der Waals surface area contributed by atoms with Gasteiger partial charge < -0.3 is 9.05 Å². The molecule has 23 heavy (non-hydrogen) atoms. The number of hydrogen-bond acceptors (Lipinski definition) is 7. The average Bonchev–Trinajstić information content (AvgIpc) is 2.40. The fraction of sp³-hybridized carbons (Fsp3) is 0.286. The van der Waals surface area contributed by atoms with Crippen LogP contribution in [0.1, 0.15) is 0 Å². The maximum atomic E-state index is 5.64. The molecular formula is C14H18N2O2P2S3. The fourth-order valence-corrected chi connectivity index (χ4v) is 3.88. The van der Waals surface area contributed by atoms with Gasteiger partial charge in [-0.2, -0.15) is 0 Å². The monoisotopic (exact) mass is 404 g/mol. The minimum atomic E-state index is -1.76. The molecule has 0 aliphatic heterocycles. The van der Waals surface area contributed by atoms with Crippen LogP contribution in [0.25, 0.3) is 0 Å². The molecule has 2 heterocycles. The van der Waals surface area contributed by atoms with Crippen LogP contribution in [0.3, 0.4) is 0 Å². The Morgan fingerprint density at radius 3 is 1.43 bits per heavy atom. The summed E-state index contributed by atoms with van der Waals surface area (Å²) in [6.45, 7) is 7.70. The highest BCUT2D eigenvalue weighted by Gasteiger charge is 2.08. The first-order valence-electron chi connectivity index (χ1n) is 6.70. The second-order valence-electron chi connectivity index (χ2n) is 5.45. The van der Waals surface area contributed by atoms with Crippen molar-refractivity contribution in [3.63, 3.8) is 0 Å². The SMILES string of the molecule is CP(C)(=S)Oc1ccc(Sc2ccc(OP(C)(C)=S)nc2)cn1. The normalized spacial score (nSPS) is 12.0. The highest BCUT2D eigenvalue weighted by Crippen LogP contribution is 2.40. The van der Waals surface area contributed by atoms with Crippen LogP contribution in [0.2, 0.25) is 0 Å². The summed E-state index contributed by atoms with van der Waals surface area (Å²) in [5.41, 5.74) is 0. The molecule has 0 N–H and O–H groups in total. The standard InChI is InChI=1S/C14H18N2O2P2S3/c1-19(2,21)17-13-7-5-11(9-15-13)23-12-6-8-14(16-10-12)18-20(3,4)22/h5-10H,1-4H3. The molecule has 4 nitrogen and oxygen atoms in total. The van der Waals surface area contributed by atoms with Crippen LogP contribution in [0.15, 0.2) is 46.5 Å². The molecule has 0 aliphatic carbocycles. The van der Waals surface area contributed by atoms with Gasteiger partial charge in [-0.15, -0.1) is 0 Å². The Morgan fingerprint density at radius 1 is 0.783 bits per heavy atom. The van der Waals surface area contributed by atoms with Crippen molar-refractivity contribution in [2.24, 2.45) is 0 Å². The van der Waals surface area contributed by atoms with E-state index in [1.807, 2.05) is 50.9 Å². The van der Waals surface area contributed by atoms with Crippen molar-refractivity contribution >= 4 is 47.9 Å². The van der Waals surface area contributed by atoms with E-state index in [1.54, 1.807) is 24.2 Å². The first-order valence-corrected chi connectivity index (χ1v) is 14.7. The van der Waals surface area contributed by atoms with Gasteiger partial charge in [-0.1, -0.05) is 35.4 Å². The maximum Gasteiger partial charge on any atom is 0.216 e. The highest BCUT2D eigenvalue weighted by atomic mass is 32.4. The predicted octanol–water partition coefficient (Wildman–Crippen LogP) is 4.69. The van der Waals surface area contributed by atoms with Gasteiger partial charge in [0, 0.05) is 34.3 Å². The summed E-state index contributed by atoms with van der Waals surface area (Å²) in [6, 6.07) is 7.59. The van der Waals surface area contributed by atoms with E-state index < -0.39 is 12.5 Å². The van der Waals surface area contributed by atoms with E-state index in [1.165, 1.54) is 0 Å². The summed E-state index contributed by atoms with van der Waals surface area (Å²) >= 11 is 12.1. The van der Waals surface area contributed by atoms with Crippen molar-refractivity contribution in [1.29, 1.82) is 0 Å². The lowest BCUT2D eigenvalue weighted by molar-refractivity contribution is 0.591. The van der Waals surface area contributed by atoms with Gasteiger partial charge in [0.2, 0.25) is 11.8 Å². The van der Waals surface area contributed by atoms with Crippen molar-refractivity contribution in [3.05, 3.63) is 36.7 Å². The smallest absolute Gasteiger partial charge is 0.216 e. The van der Waals surface area contributed by atoms with Crippen LogP contribution < -0.4 is 9.05 Å². The molecule has 0 fully saturated rings. The number of nitrogens with zero attached hydrogens (tertiary/aromatic N) is 2. The molecule has 0 unspecified atom stereocenters. The summed E-state index contributed by atoms with van der Waals surface area (Å²) in [6.07, 6.45) is 0.0264. The number of rotatable bonds is 6. The van der Waals surface area contributed by atoms with Crippen molar-refractivity contribution in [2.45, 2.75) is 9.79 Å². The molecule has 0 amide bonds. The molecule has 0 bridgehead atoms.